The maximum absolute atomic E-state index is 3.86. The lowest BCUT2D eigenvalue weighted by Gasteiger charge is -2.27. The molecule has 1 aliphatic carbocycles. The quantitative estimate of drug-likeness (QED) is 0.561. The van der Waals surface area contributed by atoms with E-state index >= 15 is 0 Å². The van der Waals surface area contributed by atoms with Crippen molar-refractivity contribution >= 4 is 0 Å². The summed E-state index contributed by atoms with van der Waals surface area (Å²) in [6.45, 7) is 13.9. The molecular weight excluding hydrogens is 180 g/mol. The Labute approximate surface area is 95.8 Å². The lowest BCUT2D eigenvalue weighted by Crippen LogP contribution is -2.14. The molecular formula is C15H26. The molecule has 0 bridgehead atoms. The minimum atomic E-state index is 0.735. The summed E-state index contributed by atoms with van der Waals surface area (Å²) < 4.78 is 0. The van der Waals surface area contributed by atoms with Crippen LogP contribution in [0.5, 0.6) is 0 Å². The minimum Gasteiger partial charge on any atom is -0.0991 e. The van der Waals surface area contributed by atoms with Crippen LogP contribution in [0.1, 0.15) is 46.5 Å². The van der Waals surface area contributed by atoms with Crippen molar-refractivity contribution in [1.29, 1.82) is 0 Å². The van der Waals surface area contributed by atoms with Crippen molar-refractivity contribution in [3.05, 3.63) is 37.0 Å². The molecule has 0 N–H and O–H groups in total. The smallest absolute Gasteiger partial charge is 0.0160 e. The first-order valence-electron chi connectivity index (χ1n) is 6.23. The monoisotopic (exact) mass is 206 g/mol. The van der Waals surface area contributed by atoms with E-state index in [-0.39, 0.29) is 0 Å². The Morgan fingerprint density at radius 3 is 2.33 bits per heavy atom. The average Bonchev–Trinajstić information content (AvgIpc) is 2.28. The van der Waals surface area contributed by atoms with Crippen LogP contribution in [0.4, 0.5) is 0 Å². The summed E-state index contributed by atoms with van der Waals surface area (Å²) in [6.07, 6.45) is 11.4. The van der Waals surface area contributed by atoms with Crippen LogP contribution in [0.3, 0.4) is 0 Å². The van der Waals surface area contributed by atoms with E-state index in [9.17, 15) is 0 Å². The van der Waals surface area contributed by atoms with Gasteiger partial charge in [0.1, 0.15) is 0 Å². The molecule has 0 aliphatic heterocycles. The summed E-state index contributed by atoms with van der Waals surface area (Å²) in [6, 6.07) is 0. The summed E-state index contributed by atoms with van der Waals surface area (Å²) in [7, 11) is 0. The van der Waals surface area contributed by atoms with Gasteiger partial charge in [-0.3, -0.25) is 0 Å². The van der Waals surface area contributed by atoms with Gasteiger partial charge in [-0.15, -0.1) is 0 Å². The van der Waals surface area contributed by atoms with Crippen molar-refractivity contribution < 1.29 is 0 Å². The van der Waals surface area contributed by atoms with E-state index in [0.717, 1.165) is 11.8 Å². The molecule has 1 saturated carbocycles. The zero-order valence-electron chi connectivity index (χ0n) is 10.6. The number of hydrogen-bond acceptors (Lipinski definition) is 0. The Kier molecular flexibility index (Phi) is 8.08. The molecule has 0 aromatic rings. The van der Waals surface area contributed by atoms with Gasteiger partial charge in [-0.1, -0.05) is 65.0 Å². The molecule has 1 rings (SSSR count). The molecule has 1 aliphatic rings. The highest BCUT2D eigenvalue weighted by Gasteiger charge is 2.20. The Hall–Kier alpha value is -0.780. The number of hydrogen-bond donors (Lipinski definition) is 0. The normalized spacial score (nSPS) is 26.2. The van der Waals surface area contributed by atoms with E-state index in [0.29, 0.717) is 0 Å². The van der Waals surface area contributed by atoms with Crippen LogP contribution in [0.15, 0.2) is 37.0 Å². The van der Waals surface area contributed by atoms with Gasteiger partial charge in [-0.05, 0) is 30.3 Å². The highest BCUT2D eigenvalue weighted by molar-refractivity contribution is 5.24. The van der Waals surface area contributed by atoms with Gasteiger partial charge in [-0.2, -0.15) is 0 Å². The SMILES string of the molecule is C=C/C=C(\C=C)C1CCCC(C)C1.CC. The topological polar surface area (TPSA) is 0 Å². The molecule has 0 spiro atoms. The molecule has 0 heteroatoms. The van der Waals surface area contributed by atoms with Crippen molar-refractivity contribution in [2.45, 2.75) is 46.5 Å². The Balaban J connectivity index is 0.000000921. The first-order chi connectivity index (χ1) is 7.27. The molecule has 86 valence electrons. The van der Waals surface area contributed by atoms with Gasteiger partial charge in [0.05, 0.1) is 0 Å². The van der Waals surface area contributed by atoms with Crippen molar-refractivity contribution in [3.8, 4) is 0 Å². The van der Waals surface area contributed by atoms with Gasteiger partial charge in [-0.25, -0.2) is 0 Å². The fourth-order valence-corrected chi connectivity index (χ4v) is 2.24. The predicted molar refractivity (Wildman–Crippen MR) is 70.9 cm³/mol. The third-order valence-corrected chi connectivity index (χ3v) is 2.95. The van der Waals surface area contributed by atoms with Gasteiger partial charge in [0.15, 0.2) is 0 Å². The maximum atomic E-state index is 3.86. The molecule has 0 saturated heterocycles. The Morgan fingerprint density at radius 2 is 1.87 bits per heavy atom. The van der Waals surface area contributed by atoms with Crippen molar-refractivity contribution in [2.24, 2.45) is 11.8 Å². The van der Waals surface area contributed by atoms with Gasteiger partial charge < -0.3 is 0 Å². The summed E-state index contributed by atoms with van der Waals surface area (Å²) in [4.78, 5) is 0. The fraction of sp³-hybridized carbons (Fsp3) is 0.600. The van der Waals surface area contributed by atoms with E-state index in [2.05, 4.69) is 26.2 Å². The van der Waals surface area contributed by atoms with E-state index in [4.69, 9.17) is 0 Å². The van der Waals surface area contributed by atoms with Gasteiger partial charge in [0.25, 0.3) is 0 Å². The Bertz CT molecular complexity index is 210. The summed E-state index contributed by atoms with van der Waals surface area (Å²) >= 11 is 0. The van der Waals surface area contributed by atoms with Crippen LogP contribution >= 0.6 is 0 Å². The van der Waals surface area contributed by atoms with E-state index < -0.39 is 0 Å². The molecule has 1 fully saturated rings. The minimum absolute atomic E-state index is 0.735. The standard InChI is InChI=1S/C13H20.C2H6/c1-4-7-12(5-2)13-9-6-8-11(3)10-13;1-2/h4-5,7,11,13H,1-2,6,8-10H2,3H3;1-2H3/b12-7+;. The zero-order chi connectivity index (χ0) is 11.7. The molecule has 2 atom stereocenters. The molecule has 0 heterocycles. The zero-order valence-corrected chi connectivity index (χ0v) is 10.6. The van der Waals surface area contributed by atoms with Crippen LogP contribution in [0.2, 0.25) is 0 Å². The van der Waals surface area contributed by atoms with Crippen LogP contribution in [0.25, 0.3) is 0 Å². The fourth-order valence-electron chi connectivity index (χ4n) is 2.24. The molecule has 0 aromatic heterocycles. The van der Waals surface area contributed by atoms with Crippen LogP contribution < -0.4 is 0 Å². The second kappa shape index (κ2) is 8.52. The van der Waals surface area contributed by atoms with Crippen molar-refractivity contribution in [1.82, 2.24) is 0 Å². The second-order valence-electron chi connectivity index (χ2n) is 4.08. The van der Waals surface area contributed by atoms with Crippen LogP contribution in [0, 0.1) is 11.8 Å². The van der Waals surface area contributed by atoms with Crippen LogP contribution in [-0.4, -0.2) is 0 Å². The summed E-state index contributed by atoms with van der Waals surface area (Å²) in [5.74, 6) is 1.62. The lowest BCUT2D eigenvalue weighted by molar-refractivity contribution is 0.318. The van der Waals surface area contributed by atoms with Crippen LogP contribution in [-0.2, 0) is 0 Å². The first-order valence-corrected chi connectivity index (χ1v) is 6.23. The lowest BCUT2D eigenvalue weighted by atomic mass is 9.78. The average molecular weight is 206 g/mol. The highest BCUT2D eigenvalue weighted by Crippen LogP contribution is 2.33. The molecule has 0 radical (unpaired) electrons. The van der Waals surface area contributed by atoms with Gasteiger partial charge in [0.2, 0.25) is 0 Å². The number of allylic oxidation sites excluding steroid dienone is 4. The summed E-state index contributed by atoms with van der Waals surface area (Å²) in [5.41, 5.74) is 1.38. The predicted octanol–water partition coefficient (Wildman–Crippen LogP) is 5.14. The highest BCUT2D eigenvalue weighted by atomic mass is 14.2. The molecule has 2 unspecified atom stereocenters. The van der Waals surface area contributed by atoms with E-state index in [1.807, 2.05) is 26.0 Å². The summed E-state index contributed by atoms with van der Waals surface area (Å²) in [5, 5.41) is 0. The van der Waals surface area contributed by atoms with Crippen molar-refractivity contribution in [2.75, 3.05) is 0 Å². The third kappa shape index (κ3) is 5.01. The second-order valence-corrected chi connectivity index (χ2v) is 4.08. The van der Waals surface area contributed by atoms with Crippen molar-refractivity contribution in [3.63, 3.8) is 0 Å². The molecule has 15 heavy (non-hydrogen) atoms. The van der Waals surface area contributed by atoms with E-state index in [1.54, 1.807) is 0 Å². The van der Waals surface area contributed by atoms with Gasteiger partial charge in [0, 0.05) is 0 Å². The molecule has 0 amide bonds. The van der Waals surface area contributed by atoms with Gasteiger partial charge >= 0.3 is 0 Å². The third-order valence-electron chi connectivity index (χ3n) is 2.95. The maximum Gasteiger partial charge on any atom is -0.0160 e. The number of rotatable bonds is 3. The molecule has 0 aromatic carbocycles. The Morgan fingerprint density at radius 1 is 1.20 bits per heavy atom. The first kappa shape index (κ1) is 14.2. The largest absolute Gasteiger partial charge is 0.0991 e. The molecule has 0 nitrogen and oxygen atoms in total. The van der Waals surface area contributed by atoms with E-state index in [1.165, 1.54) is 31.3 Å².